The third-order valence-electron chi connectivity index (χ3n) is 3.82. The van der Waals surface area contributed by atoms with Crippen molar-refractivity contribution in [2.45, 2.75) is 59.6 Å². The second kappa shape index (κ2) is 6.95. The lowest BCUT2D eigenvalue weighted by atomic mass is 9.91. The van der Waals surface area contributed by atoms with E-state index in [0.29, 0.717) is 0 Å². The molecule has 0 atom stereocenters. The normalized spacial score (nSPS) is 20.0. The highest BCUT2D eigenvalue weighted by molar-refractivity contribution is 4.84. The van der Waals surface area contributed by atoms with Crippen LogP contribution >= 0.6 is 0 Å². The molecule has 1 rings (SSSR count). The molecule has 0 bridgehead atoms. The van der Waals surface area contributed by atoms with Gasteiger partial charge in [0, 0.05) is 51.4 Å². The Kier molecular flexibility index (Phi) is 6.25. The van der Waals surface area contributed by atoms with Gasteiger partial charge < -0.3 is 15.3 Å². The molecule has 0 amide bonds. The van der Waals surface area contributed by atoms with E-state index in [-0.39, 0.29) is 11.0 Å². The topological polar surface area (TPSA) is 38.7 Å². The highest BCUT2D eigenvalue weighted by Crippen LogP contribution is 2.19. The van der Waals surface area contributed by atoms with Crippen LogP contribution in [0.1, 0.15) is 48.5 Å². The van der Waals surface area contributed by atoms with Gasteiger partial charge in [-0.15, -0.1) is 0 Å². The van der Waals surface area contributed by atoms with E-state index in [4.69, 9.17) is 0 Å². The maximum atomic E-state index is 9.90. The first-order valence-corrected chi connectivity index (χ1v) is 8.29. The number of aliphatic hydroxyl groups is 1. The monoisotopic (exact) mass is 299 g/mol. The standard InChI is InChI=1S/C17H37N3O/c1-15(2,3)18-12-16(4,5)13-19-8-10-20(11-9-19)14-17(6,7)21/h18,21H,8-14H2,1-7H3. The molecular weight excluding hydrogens is 262 g/mol. The number of rotatable bonds is 6. The summed E-state index contributed by atoms with van der Waals surface area (Å²) in [6, 6.07) is 0. The SMILES string of the molecule is CC(C)(O)CN1CCN(CC(C)(C)CNC(C)(C)C)CC1. The van der Waals surface area contributed by atoms with Crippen molar-refractivity contribution in [3.8, 4) is 0 Å². The minimum atomic E-state index is -0.585. The number of piperazine rings is 1. The molecule has 4 nitrogen and oxygen atoms in total. The lowest BCUT2D eigenvalue weighted by molar-refractivity contribution is 0.0123. The van der Waals surface area contributed by atoms with Crippen molar-refractivity contribution in [3.63, 3.8) is 0 Å². The van der Waals surface area contributed by atoms with E-state index in [1.165, 1.54) is 0 Å². The van der Waals surface area contributed by atoms with Crippen molar-refractivity contribution in [2.75, 3.05) is 45.8 Å². The van der Waals surface area contributed by atoms with Gasteiger partial charge >= 0.3 is 0 Å². The van der Waals surface area contributed by atoms with E-state index in [2.05, 4.69) is 49.7 Å². The van der Waals surface area contributed by atoms with Crippen LogP contribution in [-0.4, -0.2) is 71.9 Å². The van der Waals surface area contributed by atoms with Gasteiger partial charge in [0.05, 0.1) is 5.60 Å². The highest BCUT2D eigenvalue weighted by Gasteiger charge is 2.27. The van der Waals surface area contributed by atoms with E-state index in [1.54, 1.807) is 0 Å². The van der Waals surface area contributed by atoms with Crippen LogP contribution in [0.15, 0.2) is 0 Å². The second-order valence-corrected chi connectivity index (χ2v) is 9.13. The predicted molar refractivity (Wildman–Crippen MR) is 90.7 cm³/mol. The summed E-state index contributed by atoms with van der Waals surface area (Å²) in [5.41, 5.74) is -0.119. The zero-order chi connectivity index (χ0) is 16.3. The molecule has 0 aromatic carbocycles. The summed E-state index contributed by atoms with van der Waals surface area (Å²) in [5, 5.41) is 13.5. The van der Waals surface area contributed by atoms with Crippen molar-refractivity contribution in [2.24, 2.45) is 5.41 Å². The van der Waals surface area contributed by atoms with Crippen molar-refractivity contribution < 1.29 is 5.11 Å². The first kappa shape index (κ1) is 18.9. The molecule has 126 valence electrons. The summed E-state index contributed by atoms with van der Waals surface area (Å²) in [5.74, 6) is 0. The fraction of sp³-hybridized carbons (Fsp3) is 1.00. The summed E-state index contributed by atoms with van der Waals surface area (Å²) in [4.78, 5) is 4.93. The van der Waals surface area contributed by atoms with Crippen LogP contribution in [0.25, 0.3) is 0 Å². The van der Waals surface area contributed by atoms with Gasteiger partial charge in [-0.1, -0.05) is 13.8 Å². The van der Waals surface area contributed by atoms with Crippen molar-refractivity contribution in [1.82, 2.24) is 15.1 Å². The molecule has 4 heteroatoms. The Hall–Kier alpha value is -0.160. The lowest BCUT2D eigenvalue weighted by Crippen LogP contribution is -2.53. The van der Waals surface area contributed by atoms with Crippen LogP contribution in [0.5, 0.6) is 0 Å². The number of nitrogens with one attached hydrogen (secondary N) is 1. The van der Waals surface area contributed by atoms with Crippen LogP contribution in [-0.2, 0) is 0 Å². The van der Waals surface area contributed by atoms with E-state index in [0.717, 1.165) is 45.8 Å². The average molecular weight is 300 g/mol. The van der Waals surface area contributed by atoms with Gasteiger partial charge in [0.25, 0.3) is 0 Å². The fourth-order valence-corrected chi connectivity index (χ4v) is 2.82. The molecule has 2 N–H and O–H groups in total. The predicted octanol–water partition coefficient (Wildman–Crippen LogP) is 1.79. The Labute approximate surface area is 131 Å². The Balaban J connectivity index is 2.34. The minimum Gasteiger partial charge on any atom is -0.389 e. The number of β-amino-alcohol motifs (C(OH)–C–C–N with tert-alkyl or cyclic N) is 1. The van der Waals surface area contributed by atoms with Gasteiger partial charge in [-0.25, -0.2) is 0 Å². The Morgan fingerprint density at radius 1 is 0.810 bits per heavy atom. The van der Waals surface area contributed by atoms with Crippen LogP contribution in [0.4, 0.5) is 0 Å². The van der Waals surface area contributed by atoms with Crippen LogP contribution in [0.2, 0.25) is 0 Å². The maximum Gasteiger partial charge on any atom is 0.0718 e. The first-order chi connectivity index (χ1) is 9.36. The van der Waals surface area contributed by atoms with Gasteiger partial charge in [-0.3, -0.25) is 4.90 Å². The van der Waals surface area contributed by atoms with Crippen molar-refractivity contribution in [1.29, 1.82) is 0 Å². The molecule has 1 aliphatic heterocycles. The molecule has 1 fully saturated rings. The largest absolute Gasteiger partial charge is 0.389 e. The molecule has 0 spiro atoms. The quantitative estimate of drug-likeness (QED) is 0.784. The van der Waals surface area contributed by atoms with E-state index in [1.807, 2.05) is 13.8 Å². The number of hydrogen-bond acceptors (Lipinski definition) is 4. The average Bonchev–Trinajstić information content (AvgIpc) is 2.26. The molecule has 0 aliphatic carbocycles. The van der Waals surface area contributed by atoms with Gasteiger partial charge in [-0.2, -0.15) is 0 Å². The van der Waals surface area contributed by atoms with Crippen LogP contribution in [0.3, 0.4) is 0 Å². The Morgan fingerprint density at radius 2 is 1.24 bits per heavy atom. The third kappa shape index (κ3) is 8.77. The fourth-order valence-electron chi connectivity index (χ4n) is 2.82. The Bertz CT molecular complexity index is 307. The molecule has 21 heavy (non-hydrogen) atoms. The molecule has 0 radical (unpaired) electrons. The third-order valence-corrected chi connectivity index (χ3v) is 3.82. The first-order valence-electron chi connectivity index (χ1n) is 8.29. The molecule has 0 unspecified atom stereocenters. The van der Waals surface area contributed by atoms with Gasteiger partial charge in [-0.05, 0) is 40.0 Å². The molecule has 1 heterocycles. The van der Waals surface area contributed by atoms with E-state index in [9.17, 15) is 5.11 Å². The van der Waals surface area contributed by atoms with Crippen LogP contribution in [0, 0.1) is 5.41 Å². The summed E-state index contributed by atoms with van der Waals surface area (Å²) in [6.07, 6.45) is 0. The number of nitrogens with zero attached hydrogens (tertiary/aromatic N) is 2. The lowest BCUT2D eigenvalue weighted by Gasteiger charge is -2.41. The van der Waals surface area contributed by atoms with Crippen molar-refractivity contribution in [3.05, 3.63) is 0 Å². The second-order valence-electron chi connectivity index (χ2n) is 9.13. The molecule has 1 aliphatic rings. The van der Waals surface area contributed by atoms with Gasteiger partial charge in [0.1, 0.15) is 0 Å². The molecule has 0 aromatic heterocycles. The zero-order valence-corrected chi connectivity index (χ0v) is 15.3. The summed E-state index contributed by atoms with van der Waals surface area (Å²) >= 11 is 0. The summed E-state index contributed by atoms with van der Waals surface area (Å²) < 4.78 is 0. The van der Waals surface area contributed by atoms with E-state index >= 15 is 0 Å². The molecule has 0 saturated carbocycles. The minimum absolute atomic E-state index is 0.183. The van der Waals surface area contributed by atoms with Crippen molar-refractivity contribution >= 4 is 0 Å². The van der Waals surface area contributed by atoms with Gasteiger partial charge in [0.2, 0.25) is 0 Å². The molecular formula is C17H37N3O. The summed E-state index contributed by atoms with van der Waals surface area (Å²) in [6.45, 7) is 22.4. The smallest absolute Gasteiger partial charge is 0.0718 e. The van der Waals surface area contributed by atoms with Crippen LogP contribution < -0.4 is 5.32 Å². The number of hydrogen-bond donors (Lipinski definition) is 2. The molecule has 1 saturated heterocycles. The maximum absolute atomic E-state index is 9.90. The Morgan fingerprint density at radius 3 is 1.62 bits per heavy atom. The zero-order valence-electron chi connectivity index (χ0n) is 15.3. The highest BCUT2D eigenvalue weighted by atomic mass is 16.3. The molecule has 0 aromatic rings. The van der Waals surface area contributed by atoms with E-state index < -0.39 is 5.60 Å². The van der Waals surface area contributed by atoms with Gasteiger partial charge in [0.15, 0.2) is 0 Å². The summed E-state index contributed by atoms with van der Waals surface area (Å²) in [7, 11) is 0.